The number of hydrogen-bond acceptors (Lipinski definition) is 1. The third-order valence-corrected chi connectivity index (χ3v) is 7.73. The Hall–Kier alpha value is -0.0400. The van der Waals surface area contributed by atoms with Crippen LogP contribution < -0.4 is 0 Å². The zero-order valence-electron chi connectivity index (χ0n) is 13.7. The molecule has 0 aliphatic heterocycles. The number of hydrogen-bond donors (Lipinski definition) is 0. The van der Waals surface area contributed by atoms with Crippen molar-refractivity contribution in [3.8, 4) is 0 Å². The molecular formula is C19H33N. The quantitative estimate of drug-likeness (QED) is 0.708. The van der Waals surface area contributed by atoms with Gasteiger partial charge in [-0.3, -0.25) is 4.90 Å². The molecule has 5 fully saturated rings. The third kappa shape index (κ3) is 1.84. The van der Waals surface area contributed by atoms with Crippen LogP contribution in [-0.4, -0.2) is 23.5 Å². The molecule has 0 radical (unpaired) electrons. The molecule has 2 unspecified atom stereocenters. The van der Waals surface area contributed by atoms with Crippen molar-refractivity contribution in [3.63, 3.8) is 0 Å². The lowest BCUT2D eigenvalue weighted by molar-refractivity contribution is -0.151. The van der Waals surface area contributed by atoms with E-state index in [2.05, 4.69) is 18.7 Å². The van der Waals surface area contributed by atoms with Crippen LogP contribution in [0.2, 0.25) is 0 Å². The van der Waals surface area contributed by atoms with Gasteiger partial charge in [0.1, 0.15) is 0 Å². The van der Waals surface area contributed by atoms with E-state index in [0.717, 1.165) is 23.2 Å². The van der Waals surface area contributed by atoms with Crippen molar-refractivity contribution >= 4 is 0 Å². The SMILES string of the molecule is CCN(CC)C12CC3CC(CC(C4CCCC4)(C3)C1)C2. The summed E-state index contributed by atoms with van der Waals surface area (Å²) in [6.07, 6.45) is 15.6. The largest absolute Gasteiger partial charge is 0.298 e. The van der Waals surface area contributed by atoms with Gasteiger partial charge < -0.3 is 0 Å². The van der Waals surface area contributed by atoms with Gasteiger partial charge in [0.15, 0.2) is 0 Å². The molecule has 0 aromatic rings. The highest BCUT2D eigenvalue weighted by atomic mass is 15.2. The van der Waals surface area contributed by atoms with E-state index in [1.807, 2.05) is 0 Å². The average molecular weight is 275 g/mol. The predicted molar refractivity (Wildman–Crippen MR) is 84.7 cm³/mol. The van der Waals surface area contributed by atoms with Gasteiger partial charge in [-0.05, 0) is 87.6 Å². The van der Waals surface area contributed by atoms with Crippen LogP contribution >= 0.6 is 0 Å². The van der Waals surface area contributed by atoms with E-state index >= 15 is 0 Å². The van der Waals surface area contributed by atoms with Gasteiger partial charge >= 0.3 is 0 Å². The van der Waals surface area contributed by atoms with Gasteiger partial charge in [0.2, 0.25) is 0 Å². The zero-order chi connectivity index (χ0) is 13.8. The first kappa shape index (κ1) is 13.6. The van der Waals surface area contributed by atoms with Crippen molar-refractivity contribution in [2.45, 2.75) is 83.6 Å². The van der Waals surface area contributed by atoms with E-state index in [0.29, 0.717) is 5.54 Å². The van der Waals surface area contributed by atoms with Gasteiger partial charge in [-0.25, -0.2) is 0 Å². The maximum Gasteiger partial charge on any atom is 0.0220 e. The van der Waals surface area contributed by atoms with Crippen molar-refractivity contribution in [2.75, 3.05) is 13.1 Å². The highest BCUT2D eigenvalue weighted by Crippen LogP contribution is 2.67. The van der Waals surface area contributed by atoms with Crippen LogP contribution in [0.3, 0.4) is 0 Å². The summed E-state index contributed by atoms with van der Waals surface area (Å²) in [5.41, 5.74) is 1.40. The zero-order valence-corrected chi connectivity index (χ0v) is 13.7. The van der Waals surface area contributed by atoms with Crippen LogP contribution in [0.5, 0.6) is 0 Å². The number of nitrogens with zero attached hydrogens (tertiary/aromatic N) is 1. The minimum absolute atomic E-state index is 0.621. The topological polar surface area (TPSA) is 3.24 Å². The lowest BCUT2D eigenvalue weighted by Gasteiger charge is -2.66. The molecule has 0 heterocycles. The first-order valence-electron chi connectivity index (χ1n) is 9.45. The Morgan fingerprint density at radius 3 is 2.05 bits per heavy atom. The Labute approximate surface area is 125 Å². The molecule has 4 bridgehead atoms. The molecule has 0 amide bonds. The molecule has 5 aliphatic carbocycles. The maximum atomic E-state index is 2.87. The van der Waals surface area contributed by atoms with Crippen LogP contribution in [0, 0.1) is 23.2 Å². The van der Waals surface area contributed by atoms with Crippen molar-refractivity contribution < 1.29 is 0 Å². The van der Waals surface area contributed by atoms with Crippen LogP contribution in [0.15, 0.2) is 0 Å². The molecule has 2 atom stereocenters. The summed E-state index contributed by atoms with van der Waals surface area (Å²) >= 11 is 0. The second-order valence-electron chi connectivity index (χ2n) is 8.70. The van der Waals surface area contributed by atoms with E-state index in [1.54, 1.807) is 51.4 Å². The normalized spacial score (nSPS) is 47.5. The molecule has 0 aromatic heterocycles. The monoisotopic (exact) mass is 275 g/mol. The van der Waals surface area contributed by atoms with E-state index in [4.69, 9.17) is 0 Å². The minimum Gasteiger partial charge on any atom is -0.298 e. The van der Waals surface area contributed by atoms with Gasteiger partial charge in [-0.15, -0.1) is 0 Å². The van der Waals surface area contributed by atoms with Crippen LogP contribution in [0.4, 0.5) is 0 Å². The molecule has 0 N–H and O–H groups in total. The van der Waals surface area contributed by atoms with Gasteiger partial charge in [0.25, 0.3) is 0 Å². The Balaban J connectivity index is 1.67. The fourth-order valence-electron chi connectivity index (χ4n) is 7.56. The molecule has 0 aromatic carbocycles. The average Bonchev–Trinajstić information content (AvgIpc) is 2.92. The Morgan fingerprint density at radius 2 is 1.50 bits per heavy atom. The molecule has 114 valence electrons. The molecule has 0 saturated heterocycles. The van der Waals surface area contributed by atoms with E-state index in [1.165, 1.54) is 25.9 Å². The van der Waals surface area contributed by atoms with Crippen LogP contribution in [0.1, 0.15) is 78.1 Å². The van der Waals surface area contributed by atoms with E-state index in [-0.39, 0.29) is 0 Å². The van der Waals surface area contributed by atoms with Gasteiger partial charge in [-0.2, -0.15) is 0 Å². The lowest BCUT2D eigenvalue weighted by atomic mass is 9.43. The molecular weight excluding hydrogens is 242 g/mol. The second-order valence-corrected chi connectivity index (χ2v) is 8.70. The Bertz CT molecular complexity index is 330. The summed E-state index contributed by atoms with van der Waals surface area (Å²) in [6, 6.07) is 0. The third-order valence-electron chi connectivity index (χ3n) is 7.73. The summed E-state index contributed by atoms with van der Waals surface area (Å²) in [6.45, 7) is 7.34. The summed E-state index contributed by atoms with van der Waals surface area (Å²) < 4.78 is 0. The summed E-state index contributed by atoms with van der Waals surface area (Å²) in [5.74, 6) is 3.26. The van der Waals surface area contributed by atoms with Crippen molar-refractivity contribution in [1.82, 2.24) is 4.90 Å². The van der Waals surface area contributed by atoms with Crippen molar-refractivity contribution in [1.29, 1.82) is 0 Å². The maximum absolute atomic E-state index is 2.87. The fraction of sp³-hybridized carbons (Fsp3) is 1.00. The number of rotatable bonds is 4. The first-order valence-corrected chi connectivity index (χ1v) is 9.45. The Kier molecular flexibility index (Phi) is 3.22. The lowest BCUT2D eigenvalue weighted by Crippen LogP contribution is -2.64. The molecule has 1 nitrogen and oxygen atoms in total. The van der Waals surface area contributed by atoms with E-state index in [9.17, 15) is 0 Å². The summed E-state index contributed by atoms with van der Waals surface area (Å²) in [5, 5.41) is 0. The van der Waals surface area contributed by atoms with Gasteiger partial charge in [0, 0.05) is 5.54 Å². The molecule has 20 heavy (non-hydrogen) atoms. The fourth-order valence-corrected chi connectivity index (χ4v) is 7.56. The molecule has 1 heteroatoms. The van der Waals surface area contributed by atoms with Crippen LogP contribution in [0.25, 0.3) is 0 Å². The van der Waals surface area contributed by atoms with Crippen LogP contribution in [-0.2, 0) is 0 Å². The molecule has 5 rings (SSSR count). The Morgan fingerprint density at radius 1 is 0.900 bits per heavy atom. The highest BCUT2D eigenvalue weighted by molar-refractivity contribution is 5.14. The van der Waals surface area contributed by atoms with Crippen molar-refractivity contribution in [2.24, 2.45) is 23.2 Å². The van der Waals surface area contributed by atoms with E-state index < -0.39 is 0 Å². The van der Waals surface area contributed by atoms with Crippen molar-refractivity contribution in [3.05, 3.63) is 0 Å². The summed E-state index contributed by atoms with van der Waals surface area (Å²) in [4.78, 5) is 2.87. The summed E-state index contributed by atoms with van der Waals surface area (Å²) in [7, 11) is 0. The molecule has 5 aliphatic rings. The van der Waals surface area contributed by atoms with Gasteiger partial charge in [-0.1, -0.05) is 26.7 Å². The predicted octanol–water partition coefficient (Wildman–Crippen LogP) is 4.86. The first-order chi connectivity index (χ1) is 9.70. The molecule has 0 spiro atoms. The smallest absolute Gasteiger partial charge is 0.0220 e. The standard InChI is InChI=1S/C19H33N/c1-3-20(4-2)19-12-15-9-16(13-19)11-18(10-15,14-19)17-7-5-6-8-17/h15-17H,3-14H2,1-2H3. The highest BCUT2D eigenvalue weighted by Gasteiger charge is 2.61. The molecule has 5 saturated carbocycles. The minimum atomic E-state index is 0.621. The van der Waals surface area contributed by atoms with Gasteiger partial charge in [0.05, 0.1) is 0 Å². The second kappa shape index (κ2) is 4.73.